The summed E-state index contributed by atoms with van der Waals surface area (Å²) in [5.74, 6) is 0.0370. The summed E-state index contributed by atoms with van der Waals surface area (Å²) in [6.45, 7) is 4.29. The molecule has 0 aliphatic carbocycles. The zero-order valence-corrected chi connectivity index (χ0v) is 10.2. The SMILES string of the molecule is CC(CNCCOCC(N)=O)c1ccccc1. The van der Waals surface area contributed by atoms with E-state index in [2.05, 4.69) is 24.4 Å². The molecule has 1 rings (SSSR count). The fourth-order valence-electron chi connectivity index (χ4n) is 1.54. The quantitative estimate of drug-likeness (QED) is 0.659. The maximum Gasteiger partial charge on any atom is 0.243 e. The number of primary amides is 1. The van der Waals surface area contributed by atoms with Crippen molar-refractivity contribution in [1.29, 1.82) is 0 Å². The van der Waals surface area contributed by atoms with E-state index in [-0.39, 0.29) is 6.61 Å². The summed E-state index contributed by atoms with van der Waals surface area (Å²) in [5.41, 5.74) is 6.26. The molecule has 4 nitrogen and oxygen atoms in total. The highest BCUT2D eigenvalue weighted by atomic mass is 16.5. The van der Waals surface area contributed by atoms with Gasteiger partial charge in [-0.15, -0.1) is 0 Å². The standard InChI is InChI=1S/C13H20N2O2/c1-11(12-5-3-2-4-6-12)9-15-7-8-17-10-13(14)16/h2-6,11,15H,7-10H2,1H3,(H2,14,16). The van der Waals surface area contributed by atoms with Crippen LogP contribution in [0.25, 0.3) is 0 Å². The fourth-order valence-corrected chi connectivity index (χ4v) is 1.54. The highest BCUT2D eigenvalue weighted by Crippen LogP contribution is 2.12. The van der Waals surface area contributed by atoms with Crippen molar-refractivity contribution in [2.45, 2.75) is 12.8 Å². The van der Waals surface area contributed by atoms with Crippen LogP contribution in [0.15, 0.2) is 30.3 Å². The van der Waals surface area contributed by atoms with Crippen LogP contribution in [-0.4, -0.2) is 32.2 Å². The van der Waals surface area contributed by atoms with E-state index in [0.717, 1.165) is 13.1 Å². The summed E-state index contributed by atoms with van der Waals surface area (Å²) >= 11 is 0. The topological polar surface area (TPSA) is 64.3 Å². The van der Waals surface area contributed by atoms with Crippen molar-refractivity contribution < 1.29 is 9.53 Å². The number of rotatable bonds is 8. The van der Waals surface area contributed by atoms with Gasteiger partial charge < -0.3 is 15.8 Å². The first-order valence-electron chi connectivity index (χ1n) is 5.82. The molecule has 0 bridgehead atoms. The number of hydrogen-bond acceptors (Lipinski definition) is 3. The Morgan fingerprint density at radius 1 is 1.41 bits per heavy atom. The van der Waals surface area contributed by atoms with Gasteiger partial charge in [-0.2, -0.15) is 0 Å². The lowest BCUT2D eigenvalue weighted by Gasteiger charge is -2.12. The van der Waals surface area contributed by atoms with Crippen LogP contribution in [0.3, 0.4) is 0 Å². The second-order valence-electron chi connectivity index (χ2n) is 4.03. The molecule has 1 aromatic carbocycles. The smallest absolute Gasteiger partial charge is 0.243 e. The normalized spacial score (nSPS) is 12.3. The third-order valence-corrected chi connectivity index (χ3v) is 2.49. The minimum absolute atomic E-state index is 0.00405. The second kappa shape index (κ2) is 7.81. The minimum Gasteiger partial charge on any atom is -0.370 e. The largest absolute Gasteiger partial charge is 0.370 e. The molecule has 1 amide bonds. The Morgan fingerprint density at radius 2 is 2.12 bits per heavy atom. The molecule has 0 spiro atoms. The van der Waals surface area contributed by atoms with Gasteiger partial charge in [-0.05, 0) is 11.5 Å². The van der Waals surface area contributed by atoms with Crippen LogP contribution in [0.4, 0.5) is 0 Å². The first kappa shape index (κ1) is 13.7. The lowest BCUT2D eigenvalue weighted by molar-refractivity contribution is -0.122. The van der Waals surface area contributed by atoms with Crippen LogP contribution >= 0.6 is 0 Å². The summed E-state index contributed by atoms with van der Waals surface area (Å²) in [7, 11) is 0. The van der Waals surface area contributed by atoms with Crippen LogP contribution in [0.2, 0.25) is 0 Å². The number of carbonyl (C=O) groups excluding carboxylic acids is 1. The van der Waals surface area contributed by atoms with E-state index >= 15 is 0 Å². The van der Waals surface area contributed by atoms with Gasteiger partial charge in [0, 0.05) is 13.1 Å². The zero-order valence-electron chi connectivity index (χ0n) is 10.2. The Balaban J connectivity index is 2.09. The number of hydrogen-bond donors (Lipinski definition) is 2. The Hall–Kier alpha value is -1.39. The van der Waals surface area contributed by atoms with E-state index in [4.69, 9.17) is 10.5 Å². The van der Waals surface area contributed by atoms with Crippen LogP contribution in [0.5, 0.6) is 0 Å². The van der Waals surface area contributed by atoms with Gasteiger partial charge >= 0.3 is 0 Å². The molecule has 0 radical (unpaired) electrons. The number of benzene rings is 1. The number of amides is 1. The molecular formula is C13H20N2O2. The van der Waals surface area contributed by atoms with Gasteiger partial charge in [-0.3, -0.25) is 4.79 Å². The monoisotopic (exact) mass is 236 g/mol. The Bertz CT molecular complexity index is 327. The fraction of sp³-hybridized carbons (Fsp3) is 0.462. The maximum absolute atomic E-state index is 10.4. The molecule has 4 heteroatoms. The molecule has 17 heavy (non-hydrogen) atoms. The van der Waals surface area contributed by atoms with Crippen LogP contribution in [0, 0.1) is 0 Å². The summed E-state index contributed by atoms with van der Waals surface area (Å²) in [4.78, 5) is 10.4. The zero-order chi connectivity index (χ0) is 12.5. The number of nitrogens with two attached hydrogens (primary N) is 1. The van der Waals surface area contributed by atoms with E-state index in [0.29, 0.717) is 12.5 Å². The van der Waals surface area contributed by atoms with E-state index in [1.165, 1.54) is 5.56 Å². The molecule has 1 atom stereocenters. The summed E-state index contributed by atoms with van der Waals surface area (Å²) < 4.78 is 5.05. The highest BCUT2D eigenvalue weighted by Gasteiger charge is 2.03. The van der Waals surface area contributed by atoms with Crippen molar-refractivity contribution in [3.63, 3.8) is 0 Å². The molecule has 0 saturated carbocycles. The molecule has 94 valence electrons. The summed E-state index contributed by atoms with van der Waals surface area (Å²) in [5, 5.41) is 3.28. The number of carbonyl (C=O) groups is 1. The summed E-state index contributed by atoms with van der Waals surface area (Å²) in [6.07, 6.45) is 0. The van der Waals surface area contributed by atoms with Crippen molar-refractivity contribution in [3.05, 3.63) is 35.9 Å². The summed E-state index contributed by atoms with van der Waals surface area (Å²) in [6, 6.07) is 10.3. The predicted octanol–water partition coefficient (Wildman–Crippen LogP) is 0.882. The Kier molecular flexibility index (Phi) is 6.29. The van der Waals surface area contributed by atoms with E-state index in [9.17, 15) is 4.79 Å². The number of ether oxygens (including phenoxy) is 1. The van der Waals surface area contributed by atoms with Crippen LogP contribution < -0.4 is 11.1 Å². The highest BCUT2D eigenvalue weighted by molar-refractivity contribution is 5.74. The van der Waals surface area contributed by atoms with Gasteiger partial charge in [0.1, 0.15) is 6.61 Å². The van der Waals surface area contributed by atoms with Gasteiger partial charge in [0.05, 0.1) is 6.61 Å². The molecule has 1 aromatic rings. The first-order valence-corrected chi connectivity index (χ1v) is 5.82. The third kappa shape index (κ3) is 6.04. The average molecular weight is 236 g/mol. The molecule has 0 aromatic heterocycles. The molecule has 0 aliphatic rings. The van der Waals surface area contributed by atoms with Gasteiger partial charge in [0.15, 0.2) is 0 Å². The van der Waals surface area contributed by atoms with Gasteiger partial charge in [-0.25, -0.2) is 0 Å². The van der Waals surface area contributed by atoms with Crippen LogP contribution in [-0.2, 0) is 9.53 Å². The van der Waals surface area contributed by atoms with Gasteiger partial charge in [-0.1, -0.05) is 37.3 Å². The third-order valence-electron chi connectivity index (χ3n) is 2.49. The lowest BCUT2D eigenvalue weighted by Crippen LogP contribution is -2.26. The van der Waals surface area contributed by atoms with Gasteiger partial charge in [0.25, 0.3) is 0 Å². The van der Waals surface area contributed by atoms with Crippen molar-refractivity contribution in [1.82, 2.24) is 5.32 Å². The molecular weight excluding hydrogens is 216 g/mol. The lowest BCUT2D eigenvalue weighted by atomic mass is 10.0. The predicted molar refractivity (Wildman–Crippen MR) is 67.7 cm³/mol. The van der Waals surface area contributed by atoms with Gasteiger partial charge in [0.2, 0.25) is 5.91 Å². The van der Waals surface area contributed by atoms with Crippen molar-refractivity contribution >= 4 is 5.91 Å². The average Bonchev–Trinajstić information content (AvgIpc) is 2.34. The molecule has 0 heterocycles. The van der Waals surface area contributed by atoms with Crippen molar-refractivity contribution in [2.75, 3.05) is 26.3 Å². The molecule has 1 unspecified atom stereocenters. The molecule has 3 N–H and O–H groups in total. The minimum atomic E-state index is -0.428. The van der Waals surface area contributed by atoms with E-state index in [1.54, 1.807) is 0 Å². The van der Waals surface area contributed by atoms with E-state index in [1.807, 2.05) is 18.2 Å². The Morgan fingerprint density at radius 3 is 2.76 bits per heavy atom. The van der Waals surface area contributed by atoms with Crippen molar-refractivity contribution in [2.24, 2.45) is 5.73 Å². The maximum atomic E-state index is 10.4. The molecule has 0 aliphatic heterocycles. The van der Waals surface area contributed by atoms with E-state index < -0.39 is 5.91 Å². The second-order valence-corrected chi connectivity index (χ2v) is 4.03. The van der Waals surface area contributed by atoms with Crippen molar-refractivity contribution in [3.8, 4) is 0 Å². The van der Waals surface area contributed by atoms with Crippen LogP contribution in [0.1, 0.15) is 18.4 Å². The Labute approximate surface area is 102 Å². The molecule has 0 fully saturated rings. The molecule has 0 saturated heterocycles. The first-order chi connectivity index (χ1) is 8.20. The number of nitrogens with one attached hydrogen (secondary N) is 1.